The number of nitrogens with zero attached hydrogens (tertiary/aromatic N) is 2. The monoisotopic (exact) mass is 259 g/mol. The average Bonchev–Trinajstić information content (AvgIpc) is 2.79. The molecule has 2 rings (SSSR count). The fraction of sp³-hybridized carbons (Fsp3) is 0.400. The van der Waals surface area contributed by atoms with Crippen LogP contribution in [0, 0.1) is 6.92 Å². The SMILES string of the molecule is CCN(Cc1ccccn1)Cc1cc(CN)c(C)o1. The predicted molar refractivity (Wildman–Crippen MR) is 75.4 cm³/mol. The van der Waals surface area contributed by atoms with E-state index in [0.29, 0.717) is 6.54 Å². The molecule has 0 spiro atoms. The van der Waals surface area contributed by atoms with Gasteiger partial charge in [-0.2, -0.15) is 0 Å². The van der Waals surface area contributed by atoms with E-state index in [9.17, 15) is 0 Å². The first kappa shape index (κ1) is 13.8. The van der Waals surface area contributed by atoms with E-state index in [1.165, 1.54) is 0 Å². The Balaban J connectivity index is 2.02. The van der Waals surface area contributed by atoms with E-state index >= 15 is 0 Å². The van der Waals surface area contributed by atoms with Crippen molar-refractivity contribution < 1.29 is 4.42 Å². The Morgan fingerprint density at radius 2 is 2.16 bits per heavy atom. The lowest BCUT2D eigenvalue weighted by Crippen LogP contribution is -2.22. The van der Waals surface area contributed by atoms with E-state index in [0.717, 1.165) is 42.4 Å². The smallest absolute Gasteiger partial charge is 0.118 e. The third-order valence-electron chi connectivity index (χ3n) is 3.23. The zero-order chi connectivity index (χ0) is 13.7. The molecule has 0 atom stereocenters. The molecule has 2 N–H and O–H groups in total. The second-order valence-electron chi connectivity index (χ2n) is 4.62. The van der Waals surface area contributed by atoms with Gasteiger partial charge in [-0.05, 0) is 31.7 Å². The maximum atomic E-state index is 5.73. The minimum Gasteiger partial charge on any atom is -0.465 e. The fourth-order valence-corrected chi connectivity index (χ4v) is 2.09. The van der Waals surface area contributed by atoms with Crippen LogP contribution in [0.3, 0.4) is 0 Å². The third kappa shape index (κ3) is 3.66. The molecule has 0 amide bonds. The van der Waals surface area contributed by atoms with Crippen molar-refractivity contribution in [1.29, 1.82) is 0 Å². The van der Waals surface area contributed by atoms with Crippen LogP contribution in [0.15, 0.2) is 34.9 Å². The number of aromatic nitrogens is 1. The Morgan fingerprint density at radius 3 is 2.74 bits per heavy atom. The lowest BCUT2D eigenvalue weighted by Gasteiger charge is -2.18. The van der Waals surface area contributed by atoms with Gasteiger partial charge in [0.15, 0.2) is 0 Å². The highest BCUT2D eigenvalue weighted by atomic mass is 16.3. The molecule has 0 aromatic carbocycles. The zero-order valence-electron chi connectivity index (χ0n) is 11.6. The predicted octanol–water partition coefficient (Wildman–Crippen LogP) is 2.46. The van der Waals surface area contributed by atoms with E-state index in [4.69, 9.17) is 10.2 Å². The summed E-state index contributed by atoms with van der Waals surface area (Å²) in [6.07, 6.45) is 1.83. The molecule has 102 valence electrons. The van der Waals surface area contributed by atoms with Gasteiger partial charge >= 0.3 is 0 Å². The maximum absolute atomic E-state index is 5.73. The van der Waals surface area contributed by atoms with E-state index in [2.05, 4.69) is 22.9 Å². The molecule has 0 aliphatic heterocycles. The molecular weight excluding hydrogens is 238 g/mol. The number of furan rings is 1. The quantitative estimate of drug-likeness (QED) is 0.865. The topological polar surface area (TPSA) is 55.3 Å². The Morgan fingerprint density at radius 1 is 1.32 bits per heavy atom. The summed E-state index contributed by atoms with van der Waals surface area (Å²) in [6, 6.07) is 8.04. The van der Waals surface area contributed by atoms with Crippen molar-refractivity contribution in [3.63, 3.8) is 0 Å². The van der Waals surface area contributed by atoms with Crippen LogP contribution in [0.5, 0.6) is 0 Å². The van der Waals surface area contributed by atoms with Gasteiger partial charge in [0.05, 0.1) is 12.2 Å². The van der Waals surface area contributed by atoms with Gasteiger partial charge in [-0.3, -0.25) is 9.88 Å². The average molecular weight is 259 g/mol. The van der Waals surface area contributed by atoms with Crippen LogP contribution in [0.25, 0.3) is 0 Å². The highest BCUT2D eigenvalue weighted by Crippen LogP contribution is 2.16. The number of nitrogens with two attached hydrogens (primary N) is 1. The van der Waals surface area contributed by atoms with Gasteiger partial charge in [0, 0.05) is 24.8 Å². The first-order valence-corrected chi connectivity index (χ1v) is 6.63. The molecule has 0 aliphatic carbocycles. The molecule has 0 saturated carbocycles. The summed E-state index contributed by atoms with van der Waals surface area (Å²) in [5.74, 6) is 1.89. The van der Waals surface area contributed by atoms with Crippen molar-refractivity contribution in [1.82, 2.24) is 9.88 Å². The lowest BCUT2D eigenvalue weighted by atomic mass is 10.2. The molecule has 4 heteroatoms. The van der Waals surface area contributed by atoms with Crippen molar-refractivity contribution >= 4 is 0 Å². The lowest BCUT2D eigenvalue weighted by molar-refractivity contribution is 0.243. The van der Waals surface area contributed by atoms with Gasteiger partial charge in [0.25, 0.3) is 0 Å². The standard InChI is InChI=1S/C15H21N3O/c1-3-18(10-14-6-4-5-7-17-14)11-15-8-13(9-16)12(2)19-15/h4-8H,3,9-11,16H2,1-2H3. The van der Waals surface area contributed by atoms with Crippen molar-refractivity contribution in [2.24, 2.45) is 5.73 Å². The van der Waals surface area contributed by atoms with Crippen LogP contribution in [-0.4, -0.2) is 16.4 Å². The van der Waals surface area contributed by atoms with E-state index in [1.54, 1.807) is 0 Å². The molecule has 0 bridgehead atoms. The molecule has 0 unspecified atom stereocenters. The highest BCUT2D eigenvalue weighted by molar-refractivity contribution is 5.20. The second-order valence-corrected chi connectivity index (χ2v) is 4.62. The number of pyridine rings is 1. The minimum absolute atomic E-state index is 0.529. The Labute approximate surface area is 114 Å². The van der Waals surface area contributed by atoms with Crippen molar-refractivity contribution in [2.45, 2.75) is 33.5 Å². The molecule has 0 fully saturated rings. The van der Waals surface area contributed by atoms with Crippen LogP contribution in [0.1, 0.15) is 29.7 Å². The van der Waals surface area contributed by atoms with Crippen LogP contribution in [-0.2, 0) is 19.6 Å². The molecule has 2 aromatic rings. The van der Waals surface area contributed by atoms with E-state index in [1.807, 2.05) is 31.3 Å². The maximum Gasteiger partial charge on any atom is 0.118 e. The van der Waals surface area contributed by atoms with Gasteiger partial charge in [0.2, 0.25) is 0 Å². The molecule has 0 radical (unpaired) electrons. The first-order valence-electron chi connectivity index (χ1n) is 6.63. The van der Waals surface area contributed by atoms with Crippen LogP contribution >= 0.6 is 0 Å². The van der Waals surface area contributed by atoms with Crippen molar-refractivity contribution in [3.05, 3.63) is 53.2 Å². The van der Waals surface area contributed by atoms with E-state index < -0.39 is 0 Å². The number of hydrogen-bond acceptors (Lipinski definition) is 4. The third-order valence-corrected chi connectivity index (χ3v) is 3.23. The summed E-state index contributed by atoms with van der Waals surface area (Å²) in [7, 11) is 0. The number of rotatable bonds is 6. The summed E-state index contributed by atoms with van der Waals surface area (Å²) < 4.78 is 5.73. The summed E-state index contributed by atoms with van der Waals surface area (Å²) in [5, 5.41) is 0. The first-order chi connectivity index (χ1) is 9.22. The van der Waals surface area contributed by atoms with Gasteiger partial charge in [0.1, 0.15) is 11.5 Å². The van der Waals surface area contributed by atoms with Gasteiger partial charge in [-0.1, -0.05) is 13.0 Å². The summed E-state index contributed by atoms with van der Waals surface area (Å²) in [5.41, 5.74) is 7.83. The molecular formula is C15H21N3O. The zero-order valence-corrected chi connectivity index (χ0v) is 11.6. The fourth-order valence-electron chi connectivity index (χ4n) is 2.09. The van der Waals surface area contributed by atoms with Crippen LogP contribution in [0.4, 0.5) is 0 Å². The summed E-state index contributed by atoms with van der Waals surface area (Å²) >= 11 is 0. The van der Waals surface area contributed by atoms with Crippen molar-refractivity contribution in [2.75, 3.05) is 6.54 Å². The molecule has 2 aromatic heterocycles. The Kier molecular flexibility index (Phi) is 4.71. The van der Waals surface area contributed by atoms with Gasteiger partial charge < -0.3 is 10.2 Å². The van der Waals surface area contributed by atoms with Gasteiger partial charge in [-0.25, -0.2) is 0 Å². The number of aryl methyl sites for hydroxylation is 1. The molecule has 19 heavy (non-hydrogen) atoms. The Hall–Kier alpha value is -1.65. The molecule has 4 nitrogen and oxygen atoms in total. The van der Waals surface area contributed by atoms with Gasteiger partial charge in [-0.15, -0.1) is 0 Å². The summed E-state index contributed by atoms with van der Waals surface area (Å²) in [4.78, 5) is 6.65. The highest BCUT2D eigenvalue weighted by Gasteiger charge is 2.11. The number of hydrogen-bond donors (Lipinski definition) is 1. The second kappa shape index (κ2) is 6.50. The molecule has 2 heterocycles. The van der Waals surface area contributed by atoms with Crippen LogP contribution < -0.4 is 5.73 Å². The largest absolute Gasteiger partial charge is 0.465 e. The molecule has 0 saturated heterocycles. The van der Waals surface area contributed by atoms with Crippen molar-refractivity contribution in [3.8, 4) is 0 Å². The normalized spacial score (nSPS) is 11.2. The minimum atomic E-state index is 0.529. The summed E-state index contributed by atoms with van der Waals surface area (Å²) in [6.45, 7) is 7.20. The molecule has 0 aliphatic rings. The Bertz CT molecular complexity index is 507. The van der Waals surface area contributed by atoms with E-state index in [-0.39, 0.29) is 0 Å². The van der Waals surface area contributed by atoms with Crippen LogP contribution in [0.2, 0.25) is 0 Å².